The van der Waals surface area contributed by atoms with E-state index in [0.717, 1.165) is 22.3 Å². The van der Waals surface area contributed by atoms with Crippen LogP contribution in [0.25, 0.3) is 0 Å². The van der Waals surface area contributed by atoms with Crippen LogP contribution in [0.4, 0.5) is 0 Å². The van der Waals surface area contributed by atoms with Gasteiger partial charge in [0.05, 0.1) is 31.0 Å². The van der Waals surface area contributed by atoms with Gasteiger partial charge < -0.3 is 20.1 Å². The van der Waals surface area contributed by atoms with E-state index in [9.17, 15) is 19.5 Å². The third-order valence-corrected chi connectivity index (χ3v) is 8.50. The topological polar surface area (TPSA) is 95.9 Å². The molecule has 5 rings (SSSR count). The summed E-state index contributed by atoms with van der Waals surface area (Å²) >= 11 is 0. The molecule has 0 unspecified atom stereocenters. The van der Waals surface area contributed by atoms with Crippen LogP contribution in [0.3, 0.4) is 0 Å². The smallest absolute Gasteiger partial charge is 0.309 e. The Hall–Kier alpha value is -4.23. The number of cyclic esters (lactones) is 1. The van der Waals surface area contributed by atoms with E-state index in [1.54, 1.807) is 4.90 Å². The van der Waals surface area contributed by atoms with E-state index in [2.05, 4.69) is 5.32 Å². The van der Waals surface area contributed by atoms with Crippen molar-refractivity contribution in [3.05, 3.63) is 119 Å². The van der Waals surface area contributed by atoms with Crippen molar-refractivity contribution in [1.82, 2.24) is 10.2 Å². The highest BCUT2D eigenvalue weighted by Crippen LogP contribution is 2.27. The maximum absolute atomic E-state index is 13.6. The zero-order valence-corrected chi connectivity index (χ0v) is 24.4. The van der Waals surface area contributed by atoms with Crippen molar-refractivity contribution in [3.63, 3.8) is 0 Å². The Bertz CT molecular complexity index is 1410. The van der Waals surface area contributed by atoms with E-state index >= 15 is 0 Å². The molecule has 2 aliphatic rings. The maximum Gasteiger partial charge on any atom is 0.309 e. The van der Waals surface area contributed by atoms with Crippen LogP contribution < -0.4 is 5.32 Å². The van der Waals surface area contributed by atoms with Gasteiger partial charge in [0.15, 0.2) is 0 Å². The van der Waals surface area contributed by atoms with Crippen molar-refractivity contribution < 1.29 is 24.2 Å². The molecule has 2 amide bonds. The number of nitrogens with zero attached hydrogens (tertiary/aromatic N) is 1. The average Bonchev–Trinajstić information content (AvgIpc) is 3.05. The number of aliphatic hydroxyl groups excluding tert-OH is 1. The average molecular weight is 581 g/mol. The molecule has 2 aliphatic heterocycles. The second kappa shape index (κ2) is 14.8. The van der Waals surface area contributed by atoms with Crippen LogP contribution in [0.15, 0.2) is 97.1 Å². The van der Waals surface area contributed by atoms with Gasteiger partial charge in [0.1, 0.15) is 6.10 Å². The molecular formula is C36H40N2O5. The predicted molar refractivity (Wildman–Crippen MR) is 165 cm³/mol. The Balaban J connectivity index is 1.34. The molecule has 0 fully saturated rings. The van der Waals surface area contributed by atoms with E-state index < -0.39 is 12.0 Å². The van der Waals surface area contributed by atoms with Crippen LogP contribution in [0.2, 0.25) is 0 Å². The fourth-order valence-corrected chi connectivity index (χ4v) is 6.00. The number of amides is 2. The summed E-state index contributed by atoms with van der Waals surface area (Å²) in [5.74, 6) is -1.61. The first kappa shape index (κ1) is 30.2. The van der Waals surface area contributed by atoms with Crippen molar-refractivity contribution in [1.29, 1.82) is 0 Å². The van der Waals surface area contributed by atoms with E-state index in [1.807, 2.05) is 97.1 Å². The van der Waals surface area contributed by atoms with Gasteiger partial charge in [0.2, 0.25) is 11.8 Å². The molecule has 7 nitrogen and oxygen atoms in total. The molecule has 2 N–H and O–H groups in total. The summed E-state index contributed by atoms with van der Waals surface area (Å²) in [5.41, 5.74) is 4.08. The number of rotatable bonds is 6. The lowest BCUT2D eigenvalue weighted by molar-refractivity contribution is -0.155. The zero-order chi connectivity index (χ0) is 30.0. The zero-order valence-electron chi connectivity index (χ0n) is 24.4. The summed E-state index contributed by atoms with van der Waals surface area (Å²) in [6, 6.07) is 27.0. The quantitative estimate of drug-likeness (QED) is 0.318. The van der Waals surface area contributed by atoms with Gasteiger partial charge in [-0.05, 0) is 54.4 Å². The number of nitrogens with one attached hydrogen (secondary N) is 1. The lowest BCUT2D eigenvalue weighted by Gasteiger charge is -2.36. The summed E-state index contributed by atoms with van der Waals surface area (Å²) in [5, 5.41) is 13.1. The highest BCUT2D eigenvalue weighted by molar-refractivity contribution is 5.86. The minimum Gasteiger partial charge on any atom is -0.455 e. The first-order valence-electron chi connectivity index (χ1n) is 15.2. The molecule has 0 saturated heterocycles. The molecule has 2 heterocycles. The van der Waals surface area contributed by atoms with Crippen molar-refractivity contribution in [2.45, 2.75) is 57.2 Å². The van der Waals surface area contributed by atoms with Gasteiger partial charge >= 0.3 is 5.97 Å². The number of carbonyl (C=O) groups excluding carboxylic acids is 3. The number of allylic oxidation sites excluding steroid dienone is 2. The monoisotopic (exact) mass is 580 g/mol. The predicted octanol–water partition coefficient (Wildman–Crippen LogP) is 4.94. The van der Waals surface area contributed by atoms with Gasteiger partial charge in [-0.15, -0.1) is 0 Å². The van der Waals surface area contributed by atoms with Gasteiger partial charge in [-0.1, -0.05) is 97.1 Å². The van der Waals surface area contributed by atoms with Gasteiger partial charge in [-0.2, -0.15) is 0 Å². The Labute approximate surface area is 253 Å². The minimum atomic E-state index is -0.654. The van der Waals surface area contributed by atoms with E-state index in [1.165, 1.54) is 0 Å². The first-order chi connectivity index (χ1) is 21.0. The Kier molecular flexibility index (Phi) is 10.4. The van der Waals surface area contributed by atoms with Crippen LogP contribution in [0.1, 0.15) is 54.0 Å². The second-order valence-electron chi connectivity index (χ2n) is 11.5. The lowest BCUT2D eigenvalue weighted by atomic mass is 9.92. The summed E-state index contributed by atoms with van der Waals surface area (Å²) < 4.78 is 6.08. The van der Waals surface area contributed by atoms with Crippen LogP contribution >= 0.6 is 0 Å². The molecule has 0 saturated carbocycles. The SMILES string of the molecule is O=C1NC[C@@H](c2ccccc2)OC(=O)[C@@H](Cc2ccccc2)CCC=CC[C@@H]1CC(=O)N1Cc2ccccc2C[C@H]1CO. The second-order valence-corrected chi connectivity index (χ2v) is 11.5. The standard InChI is InChI=1S/C36H40N2O5/c39-25-32-21-28-16-10-11-19-31(28)24-38(32)34(40)22-29-17-8-3-9-18-30(20-26-12-4-1-5-13-26)36(42)43-33(23-37-35(29)41)27-14-6-2-7-15-27/h1-8,10-16,19,29-30,32-33,39H,9,17-18,20-25H2,(H,37,41)/t29-,30-,32+,33+/m1/s1. The molecule has 43 heavy (non-hydrogen) atoms. The molecule has 4 atom stereocenters. The number of hydrogen-bond acceptors (Lipinski definition) is 5. The Morgan fingerprint density at radius 1 is 0.884 bits per heavy atom. The molecule has 0 radical (unpaired) electrons. The van der Waals surface area contributed by atoms with E-state index in [-0.39, 0.29) is 49.3 Å². The summed E-state index contributed by atoms with van der Waals surface area (Å²) in [6.45, 7) is 0.391. The summed E-state index contributed by atoms with van der Waals surface area (Å²) in [6.07, 6.45) is 6.15. The van der Waals surface area contributed by atoms with E-state index in [4.69, 9.17) is 4.74 Å². The maximum atomic E-state index is 13.6. The van der Waals surface area contributed by atoms with Crippen LogP contribution in [-0.4, -0.2) is 47.0 Å². The van der Waals surface area contributed by atoms with Gasteiger partial charge in [0, 0.05) is 13.0 Å². The van der Waals surface area contributed by atoms with Crippen molar-refractivity contribution in [2.24, 2.45) is 11.8 Å². The van der Waals surface area contributed by atoms with Crippen LogP contribution in [0.5, 0.6) is 0 Å². The van der Waals surface area contributed by atoms with E-state index in [0.29, 0.717) is 38.6 Å². The number of ether oxygens (including phenoxy) is 1. The van der Waals surface area contributed by atoms with Gasteiger partial charge in [-0.25, -0.2) is 0 Å². The van der Waals surface area contributed by atoms with Crippen LogP contribution in [-0.2, 0) is 38.5 Å². The molecule has 224 valence electrons. The van der Waals surface area contributed by atoms with Gasteiger partial charge in [0.25, 0.3) is 0 Å². The van der Waals surface area contributed by atoms with Crippen molar-refractivity contribution in [3.8, 4) is 0 Å². The number of benzene rings is 3. The number of aliphatic hydroxyl groups is 1. The van der Waals surface area contributed by atoms with Crippen molar-refractivity contribution >= 4 is 17.8 Å². The molecular weight excluding hydrogens is 540 g/mol. The molecule has 3 aromatic carbocycles. The fraction of sp³-hybridized carbons (Fsp3) is 0.361. The summed E-state index contributed by atoms with van der Waals surface area (Å²) in [4.78, 5) is 42.3. The van der Waals surface area contributed by atoms with Crippen molar-refractivity contribution in [2.75, 3.05) is 13.2 Å². The third kappa shape index (κ3) is 7.99. The fourth-order valence-electron chi connectivity index (χ4n) is 6.00. The summed E-state index contributed by atoms with van der Waals surface area (Å²) in [7, 11) is 0. The highest BCUT2D eigenvalue weighted by Gasteiger charge is 2.32. The molecule has 0 aromatic heterocycles. The number of esters is 1. The Morgan fingerprint density at radius 3 is 2.33 bits per heavy atom. The lowest BCUT2D eigenvalue weighted by Crippen LogP contribution is -2.47. The Morgan fingerprint density at radius 2 is 1.58 bits per heavy atom. The molecule has 0 bridgehead atoms. The minimum absolute atomic E-state index is 0.0290. The normalized spacial score (nSPS) is 23.1. The molecule has 0 spiro atoms. The number of fused-ring (bicyclic) bond motifs is 1. The molecule has 7 heteroatoms. The number of hydrogen-bond donors (Lipinski definition) is 2. The van der Waals surface area contributed by atoms with Crippen LogP contribution in [0, 0.1) is 11.8 Å². The number of carbonyl (C=O) groups is 3. The first-order valence-corrected chi connectivity index (χ1v) is 15.2. The molecule has 3 aromatic rings. The van der Waals surface area contributed by atoms with Gasteiger partial charge in [-0.3, -0.25) is 14.4 Å². The highest BCUT2D eigenvalue weighted by atomic mass is 16.5. The largest absolute Gasteiger partial charge is 0.455 e. The molecule has 0 aliphatic carbocycles. The third-order valence-electron chi connectivity index (χ3n) is 8.50.